The summed E-state index contributed by atoms with van der Waals surface area (Å²) in [5.41, 5.74) is 2.00. The van der Waals surface area contributed by atoms with Gasteiger partial charge in [-0.15, -0.1) is 0 Å². The minimum atomic E-state index is -0.320. The van der Waals surface area contributed by atoms with Gasteiger partial charge in [0.25, 0.3) is 11.8 Å². The van der Waals surface area contributed by atoms with Crippen molar-refractivity contribution in [3.05, 3.63) is 65.9 Å². The summed E-state index contributed by atoms with van der Waals surface area (Å²) in [4.78, 5) is 25.9. The van der Waals surface area contributed by atoms with Crippen molar-refractivity contribution in [2.45, 2.75) is 6.42 Å². The molecule has 6 nitrogen and oxygen atoms in total. The maximum Gasteiger partial charge on any atom is 0.277 e. The normalized spacial score (nSPS) is 13.6. The van der Waals surface area contributed by atoms with Gasteiger partial charge in [0.1, 0.15) is 5.70 Å². The Morgan fingerprint density at radius 2 is 1.69 bits per heavy atom. The Kier molecular flexibility index (Phi) is 5.22. The molecule has 2 aromatic rings. The van der Waals surface area contributed by atoms with E-state index >= 15 is 0 Å². The van der Waals surface area contributed by atoms with Gasteiger partial charge in [0.15, 0.2) is 11.5 Å². The van der Waals surface area contributed by atoms with E-state index in [1.165, 1.54) is 11.0 Å². The summed E-state index contributed by atoms with van der Waals surface area (Å²) < 4.78 is 10.5. The van der Waals surface area contributed by atoms with Crippen LogP contribution in [-0.4, -0.2) is 37.5 Å². The van der Waals surface area contributed by atoms with Crippen molar-refractivity contribution in [2.75, 3.05) is 26.1 Å². The van der Waals surface area contributed by atoms with Crippen molar-refractivity contribution in [1.82, 2.24) is 4.90 Å². The Balaban J connectivity index is 1.64. The lowest BCUT2D eigenvalue weighted by Gasteiger charge is -2.16. The highest BCUT2D eigenvalue weighted by atomic mass is 16.5. The quantitative estimate of drug-likeness (QED) is 0.776. The Bertz CT molecular complexity index is 846. The highest BCUT2D eigenvalue weighted by molar-refractivity contribution is 6.17. The first-order chi connectivity index (χ1) is 12.6. The molecule has 0 bridgehead atoms. The number of benzene rings is 2. The maximum atomic E-state index is 12.5. The standard InChI is InChI=1S/C20H20N2O4/c1-25-17-9-8-14(12-18(17)26-2)10-11-22-19(23)13-16(20(22)24)21-15-6-4-3-5-7-15/h3-9,12-13,21H,10-11H2,1-2H3. The van der Waals surface area contributed by atoms with Gasteiger partial charge in [-0.2, -0.15) is 0 Å². The highest BCUT2D eigenvalue weighted by Crippen LogP contribution is 2.28. The van der Waals surface area contributed by atoms with E-state index in [9.17, 15) is 9.59 Å². The highest BCUT2D eigenvalue weighted by Gasteiger charge is 2.30. The van der Waals surface area contributed by atoms with Gasteiger partial charge < -0.3 is 14.8 Å². The molecule has 1 aliphatic rings. The van der Waals surface area contributed by atoms with Crippen LogP contribution >= 0.6 is 0 Å². The molecule has 0 fully saturated rings. The van der Waals surface area contributed by atoms with Crippen molar-refractivity contribution in [2.24, 2.45) is 0 Å². The molecule has 0 saturated carbocycles. The third-order valence-electron chi connectivity index (χ3n) is 4.13. The molecule has 3 rings (SSSR count). The summed E-state index contributed by atoms with van der Waals surface area (Å²) in [6.45, 7) is 0.295. The molecular formula is C20H20N2O4. The van der Waals surface area contributed by atoms with Gasteiger partial charge in [0.05, 0.1) is 14.2 Å². The summed E-state index contributed by atoms with van der Waals surface area (Å²) >= 11 is 0. The SMILES string of the molecule is COc1ccc(CCN2C(=O)C=C(Nc3ccccc3)C2=O)cc1OC. The third-order valence-corrected chi connectivity index (χ3v) is 4.13. The van der Waals surface area contributed by atoms with Crippen molar-refractivity contribution >= 4 is 17.5 Å². The molecule has 0 unspecified atom stereocenters. The zero-order valence-corrected chi connectivity index (χ0v) is 14.7. The van der Waals surface area contributed by atoms with Crippen LogP contribution in [0.3, 0.4) is 0 Å². The molecule has 26 heavy (non-hydrogen) atoms. The topological polar surface area (TPSA) is 67.9 Å². The predicted molar refractivity (Wildman–Crippen MR) is 98.1 cm³/mol. The average molecular weight is 352 g/mol. The molecule has 1 aliphatic heterocycles. The van der Waals surface area contributed by atoms with Gasteiger partial charge >= 0.3 is 0 Å². The first-order valence-corrected chi connectivity index (χ1v) is 8.23. The summed E-state index contributed by atoms with van der Waals surface area (Å²) in [6.07, 6.45) is 1.87. The van der Waals surface area contributed by atoms with E-state index in [1.54, 1.807) is 14.2 Å². The number of para-hydroxylation sites is 1. The Labute approximate surface area is 152 Å². The molecule has 0 saturated heterocycles. The number of imide groups is 1. The van der Waals surface area contributed by atoms with E-state index in [-0.39, 0.29) is 17.5 Å². The van der Waals surface area contributed by atoms with E-state index in [0.717, 1.165) is 11.3 Å². The van der Waals surface area contributed by atoms with Crippen LogP contribution in [0.15, 0.2) is 60.3 Å². The molecule has 6 heteroatoms. The summed E-state index contributed by atoms with van der Waals surface area (Å²) in [7, 11) is 3.15. The molecule has 0 spiro atoms. The second-order valence-corrected chi connectivity index (χ2v) is 5.78. The molecule has 134 valence electrons. The van der Waals surface area contributed by atoms with Crippen LogP contribution in [0.2, 0.25) is 0 Å². The predicted octanol–water partition coefficient (Wildman–Crippen LogP) is 2.61. The summed E-state index contributed by atoms with van der Waals surface area (Å²) in [6, 6.07) is 14.8. The molecule has 0 aliphatic carbocycles. The lowest BCUT2D eigenvalue weighted by atomic mass is 10.1. The monoisotopic (exact) mass is 352 g/mol. The minimum absolute atomic E-state index is 0.286. The lowest BCUT2D eigenvalue weighted by molar-refractivity contribution is -0.137. The lowest BCUT2D eigenvalue weighted by Crippen LogP contribution is -2.33. The molecule has 1 N–H and O–H groups in total. The Hall–Kier alpha value is -3.28. The van der Waals surface area contributed by atoms with Crippen LogP contribution in [0.5, 0.6) is 11.5 Å². The van der Waals surface area contributed by atoms with E-state index in [0.29, 0.717) is 24.5 Å². The molecule has 1 heterocycles. The number of nitrogens with one attached hydrogen (secondary N) is 1. The van der Waals surface area contributed by atoms with Gasteiger partial charge in [-0.1, -0.05) is 24.3 Å². The number of ether oxygens (including phenoxy) is 2. The van der Waals surface area contributed by atoms with Crippen LogP contribution in [-0.2, 0) is 16.0 Å². The second-order valence-electron chi connectivity index (χ2n) is 5.78. The fourth-order valence-corrected chi connectivity index (χ4v) is 2.76. The molecule has 0 aromatic heterocycles. The van der Waals surface area contributed by atoms with E-state index in [4.69, 9.17) is 9.47 Å². The van der Waals surface area contributed by atoms with E-state index in [1.807, 2.05) is 48.5 Å². The van der Waals surface area contributed by atoms with E-state index in [2.05, 4.69) is 5.32 Å². The Morgan fingerprint density at radius 3 is 2.38 bits per heavy atom. The van der Waals surface area contributed by atoms with Gasteiger partial charge in [-0.3, -0.25) is 14.5 Å². The fourth-order valence-electron chi connectivity index (χ4n) is 2.76. The fraction of sp³-hybridized carbons (Fsp3) is 0.200. The number of carbonyl (C=O) groups excluding carboxylic acids is 2. The van der Waals surface area contributed by atoms with Crippen molar-refractivity contribution in [1.29, 1.82) is 0 Å². The number of nitrogens with zero attached hydrogens (tertiary/aromatic N) is 1. The van der Waals surface area contributed by atoms with Crippen LogP contribution in [0.4, 0.5) is 5.69 Å². The van der Waals surface area contributed by atoms with Crippen molar-refractivity contribution < 1.29 is 19.1 Å². The first kappa shape index (κ1) is 17.5. The van der Waals surface area contributed by atoms with Gasteiger partial charge in [-0.25, -0.2) is 0 Å². The molecule has 2 amide bonds. The van der Waals surface area contributed by atoms with Crippen molar-refractivity contribution in [3.63, 3.8) is 0 Å². The third kappa shape index (κ3) is 3.69. The van der Waals surface area contributed by atoms with Gasteiger partial charge in [0.2, 0.25) is 0 Å². The van der Waals surface area contributed by atoms with Gasteiger partial charge in [0, 0.05) is 18.3 Å². The van der Waals surface area contributed by atoms with Gasteiger partial charge in [-0.05, 0) is 36.2 Å². The molecule has 0 radical (unpaired) electrons. The van der Waals surface area contributed by atoms with Crippen LogP contribution in [0.25, 0.3) is 0 Å². The number of methoxy groups -OCH3 is 2. The number of amides is 2. The average Bonchev–Trinajstić information content (AvgIpc) is 2.93. The molecule has 2 aromatic carbocycles. The summed E-state index contributed by atoms with van der Waals surface area (Å²) in [5, 5.41) is 3.00. The second kappa shape index (κ2) is 7.74. The maximum absolute atomic E-state index is 12.5. The Morgan fingerprint density at radius 1 is 0.962 bits per heavy atom. The van der Waals surface area contributed by atoms with E-state index < -0.39 is 0 Å². The number of hydrogen-bond donors (Lipinski definition) is 1. The molecule has 0 atom stereocenters. The zero-order valence-electron chi connectivity index (χ0n) is 14.7. The van der Waals surface area contributed by atoms with Crippen LogP contribution in [0.1, 0.15) is 5.56 Å². The first-order valence-electron chi connectivity index (χ1n) is 8.23. The largest absolute Gasteiger partial charge is 0.493 e. The smallest absolute Gasteiger partial charge is 0.277 e. The van der Waals surface area contributed by atoms with Crippen LogP contribution in [0, 0.1) is 0 Å². The van der Waals surface area contributed by atoms with Crippen molar-refractivity contribution in [3.8, 4) is 11.5 Å². The number of anilines is 1. The number of rotatable bonds is 7. The number of hydrogen-bond acceptors (Lipinski definition) is 5. The molecular weight excluding hydrogens is 332 g/mol. The number of carbonyl (C=O) groups is 2. The summed E-state index contributed by atoms with van der Waals surface area (Å²) in [5.74, 6) is 0.627. The van der Waals surface area contributed by atoms with Crippen LogP contribution < -0.4 is 14.8 Å². The zero-order chi connectivity index (χ0) is 18.5. The minimum Gasteiger partial charge on any atom is -0.493 e.